The van der Waals surface area contributed by atoms with Gasteiger partial charge < -0.3 is 4.74 Å². The van der Waals surface area contributed by atoms with Gasteiger partial charge in [-0.1, -0.05) is 23.2 Å². The molecule has 0 bridgehead atoms. The summed E-state index contributed by atoms with van der Waals surface area (Å²) < 4.78 is 29.9. The lowest BCUT2D eigenvalue weighted by Crippen LogP contribution is -2.32. The fourth-order valence-corrected chi connectivity index (χ4v) is 0.927. The molecule has 88 valence electrons. The highest BCUT2D eigenvalue weighted by molar-refractivity contribution is 6.44. The average Bonchev–Trinajstić information content (AvgIpc) is 2.17. The normalized spacial score (nSPS) is 11.6. The maximum absolute atomic E-state index is 12.9. The highest BCUT2D eigenvalue weighted by atomic mass is 35.5. The minimum absolute atomic E-state index is 0.232. The largest absolute Gasteiger partial charge is 0.431 e. The highest BCUT2D eigenvalue weighted by Crippen LogP contribution is 2.30. The van der Waals surface area contributed by atoms with Crippen molar-refractivity contribution in [2.75, 3.05) is 0 Å². The third-order valence-electron chi connectivity index (χ3n) is 1.56. The van der Waals surface area contributed by atoms with E-state index in [4.69, 9.17) is 23.2 Å². The number of ether oxygens (including phenoxy) is 1. The molecule has 1 aromatic rings. The summed E-state index contributed by atoms with van der Waals surface area (Å²) in [6.45, 7) is 0. The van der Waals surface area contributed by atoms with E-state index in [-0.39, 0.29) is 11.4 Å². The summed E-state index contributed by atoms with van der Waals surface area (Å²) >= 11 is 9.97. The molecule has 0 aliphatic carbocycles. The molecule has 0 heterocycles. The zero-order chi connectivity index (χ0) is 12.3. The lowest BCUT2D eigenvalue weighted by molar-refractivity contribution is -0.384. The minimum atomic E-state index is -3.75. The van der Waals surface area contributed by atoms with Gasteiger partial charge in [0, 0.05) is 12.1 Å². The van der Waals surface area contributed by atoms with E-state index in [9.17, 15) is 18.9 Å². The molecule has 8 heteroatoms. The molecular weight excluding hydrogens is 267 g/mol. The molecule has 0 radical (unpaired) electrons. The van der Waals surface area contributed by atoms with Crippen molar-refractivity contribution >= 4 is 28.9 Å². The number of alkyl halides is 4. The molecular formula is C8H5Cl2F2NO3. The van der Waals surface area contributed by atoms with Crippen LogP contribution in [0.4, 0.5) is 14.5 Å². The van der Waals surface area contributed by atoms with Gasteiger partial charge in [-0.3, -0.25) is 10.1 Å². The monoisotopic (exact) mass is 271 g/mol. The molecule has 0 atom stereocenters. The second-order valence-electron chi connectivity index (χ2n) is 2.72. The van der Waals surface area contributed by atoms with Crippen LogP contribution in [-0.4, -0.2) is 15.9 Å². The van der Waals surface area contributed by atoms with E-state index in [2.05, 4.69) is 4.74 Å². The maximum Gasteiger partial charge on any atom is 0.428 e. The van der Waals surface area contributed by atoms with E-state index in [1.54, 1.807) is 0 Å². The maximum atomic E-state index is 12.9. The summed E-state index contributed by atoms with van der Waals surface area (Å²) in [6, 6.07) is 4.12. The molecule has 16 heavy (non-hydrogen) atoms. The number of non-ortho nitro benzene ring substituents is 1. The predicted molar refractivity (Wildman–Crippen MR) is 54.2 cm³/mol. The molecule has 0 N–H and O–H groups in total. The van der Waals surface area contributed by atoms with Crippen LogP contribution in [0.2, 0.25) is 0 Å². The number of benzene rings is 1. The van der Waals surface area contributed by atoms with Gasteiger partial charge >= 0.3 is 6.11 Å². The second-order valence-corrected chi connectivity index (χ2v) is 3.81. The van der Waals surface area contributed by atoms with Crippen molar-refractivity contribution in [1.82, 2.24) is 0 Å². The van der Waals surface area contributed by atoms with Gasteiger partial charge in [-0.15, -0.1) is 0 Å². The SMILES string of the molecule is O=[N+]([O-])c1ccc(OC(F)(F)C(Cl)Cl)cc1. The van der Waals surface area contributed by atoms with E-state index in [1.165, 1.54) is 0 Å². The smallest absolute Gasteiger partial charge is 0.428 e. The second kappa shape index (κ2) is 4.80. The minimum Gasteiger partial charge on any atom is -0.431 e. The summed E-state index contributed by atoms with van der Waals surface area (Å²) in [5.74, 6) is -0.262. The zero-order valence-electron chi connectivity index (χ0n) is 7.57. The van der Waals surface area contributed by atoms with Gasteiger partial charge in [0.15, 0.2) is 0 Å². The molecule has 0 saturated heterocycles. The van der Waals surface area contributed by atoms with E-state index < -0.39 is 15.9 Å². The van der Waals surface area contributed by atoms with Crippen LogP contribution in [0.3, 0.4) is 0 Å². The lowest BCUT2D eigenvalue weighted by Gasteiger charge is -2.18. The number of nitrogens with zero attached hydrogens (tertiary/aromatic N) is 1. The van der Waals surface area contributed by atoms with Gasteiger partial charge in [0.05, 0.1) is 4.92 Å². The summed E-state index contributed by atoms with van der Waals surface area (Å²) in [5, 5.41) is 10.3. The van der Waals surface area contributed by atoms with Crippen molar-refractivity contribution < 1.29 is 18.4 Å². The molecule has 0 unspecified atom stereocenters. The first kappa shape index (κ1) is 12.9. The van der Waals surface area contributed by atoms with Gasteiger partial charge in [0.25, 0.3) is 5.69 Å². The van der Waals surface area contributed by atoms with Crippen LogP contribution < -0.4 is 4.74 Å². The van der Waals surface area contributed by atoms with Crippen LogP contribution in [0.15, 0.2) is 24.3 Å². The molecule has 0 aliphatic rings. The van der Waals surface area contributed by atoms with E-state index >= 15 is 0 Å². The van der Waals surface area contributed by atoms with Gasteiger partial charge in [0.2, 0.25) is 4.84 Å². The van der Waals surface area contributed by atoms with E-state index in [1.807, 2.05) is 0 Å². The molecule has 4 nitrogen and oxygen atoms in total. The number of halogens is 4. The summed E-state index contributed by atoms with van der Waals surface area (Å²) in [7, 11) is 0. The summed E-state index contributed by atoms with van der Waals surface area (Å²) in [4.78, 5) is 7.60. The molecule has 0 amide bonds. The van der Waals surface area contributed by atoms with Crippen LogP contribution in [-0.2, 0) is 0 Å². The standard InChI is InChI=1S/C8H5Cl2F2NO3/c9-7(10)8(11,12)16-6-3-1-5(2-4-6)13(14)15/h1-4,7H. The van der Waals surface area contributed by atoms with Gasteiger partial charge in [-0.25, -0.2) is 0 Å². The first-order valence-corrected chi connectivity index (χ1v) is 4.79. The predicted octanol–water partition coefficient (Wildman–Crippen LogP) is 3.37. The van der Waals surface area contributed by atoms with E-state index in [0.29, 0.717) is 0 Å². The lowest BCUT2D eigenvalue weighted by atomic mass is 10.3. The van der Waals surface area contributed by atoms with Crippen LogP contribution in [0.25, 0.3) is 0 Å². The topological polar surface area (TPSA) is 52.4 Å². The van der Waals surface area contributed by atoms with Gasteiger partial charge in [-0.05, 0) is 12.1 Å². The number of nitro groups is 1. The van der Waals surface area contributed by atoms with Crippen molar-refractivity contribution in [2.24, 2.45) is 0 Å². The Bertz CT molecular complexity index is 383. The molecule has 1 aromatic carbocycles. The van der Waals surface area contributed by atoms with Crippen molar-refractivity contribution in [2.45, 2.75) is 10.9 Å². The first-order chi connectivity index (χ1) is 7.33. The van der Waals surface area contributed by atoms with Crippen LogP contribution in [0.5, 0.6) is 5.75 Å². The van der Waals surface area contributed by atoms with Crippen molar-refractivity contribution in [3.63, 3.8) is 0 Å². The van der Waals surface area contributed by atoms with Crippen LogP contribution in [0, 0.1) is 10.1 Å². The average molecular weight is 272 g/mol. The van der Waals surface area contributed by atoms with Gasteiger partial charge in [0.1, 0.15) is 5.75 Å². The Balaban J connectivity index is 2.80. The van der Waals surface area contributed by atoms with Crippen molar-refractivity contribution in [1.29, 1.82) is 0 Å². The molecule has 0 saturated carbocycles. The molecule has 0 aliphatic heterocycles. The molecule has 0 fully saturated rings. The Morgan fingerprint density at radius 3 is 2.19 bits per heavy atom. The van der Waals surface area contributed by atoms with Crippen LogP contribution in [0.1, 0.15) is 0 Å². The fraction of sp³-hybridized carbons (Fsp3) is 0.250. The Morgan fingerprint density at radius 1 is 1.31 bits per heavy atom. The number of hydrogen-bond donors (Lipinski definition) is 0. The number of hydrogen-bond acceptors (Lipinski definition) is 3. The van der Waals surface area contributed by atoms with Gasteiger partial charge in [-0.2, -0.15) is 8.78 Å². The Kier molecular flexibility index (Phi) is 3.88. The first-order valence-electron chi connectivity index (χ1n) is 3.92. The highest BCUT2D eigenvalue weighted by Gasteiger charge is 2.40. The zero-order valence-corrected chi connectivity index (χ0v) is 9.08. The fourth-order valence-electron chi connectivity index (χ4n) is 0.838. The quantitative estimate of drug-likeness (QED) is 0.479. The Morgan fingerprint density at radius 2 is 1.81 bits per heavy atom. The summed E-state index contributed by atoms with van der Waals surface area (Å²) in [5.41, 5.74) is -0.232. The third-order valence-corrected chi connectivity index (χ3v) is 2.06. The molecule has 0 aromatic heterocycles. The Labute approximate surface area is 98.9 Å². The van der Waals surface area contributed by atoms with Crippen LogP contribution >= 0.6 is 23.2 Å². The van der Waals surface area contributed by atoms with Crippen molar-refractivity contribution in [3.8, 4) is 5.75 Å². The van der Waals surface area contributed by atoms with E-state index in [0.717, 1.165) is 24.3 Å². The van der Waals surface area contributed by atoms with Crippen molar-refractivity contribution in [3.05, 3.63) is 34.4 Å². The number of nitro benzene ring substituents is 1. The molecule has 1 rings (SSSR count). The Hall–Kier alpha value is -1.14. The third kappa shape index (κ3) is 3.18. The summed E-state index contributed by atoms with van der Waals surface area (Å²) in [6.07, 6.45) is -3.75. The molecule has 0 spiro atoms. The number of rotatable bonds is 4.